The van der Waals surface area contributed by atoms with Gasteiger partial charge in [-0.25, -0.2) is 13.9 Å². The van der Waals surface area contributed by atoms with Crippen LogP contribution in [0.4, 0.5) is 4.39 Å². The molecule has 0 saturated carbocycles. The number of hydrogen-bond acceptors (Lipinski definition) is 3. The Morgan fingerprint density at radius 3 is 2.19 bits per heavy atom. The van der Waals surface area contributed by atoms with E-state index in [-0.39, 0.29) is 18.9 Å². The van der Waals surface area contributed by atoms with Crippen LogP contribution < -0.4 is 5.69 Å². The van der Waals surface area contributed by atoms with Crippen molar-refractivity contribution in [2.75, 3.05) is 13.2 Å². The van der Waals surface area contributed by atoms with Gasteiger partial charge in [-0.2, -0.15) is 5.10 Å². The smallest absolute Gasteiger partial charge is 0.346 e. The van der Waals surface area contributed by atoms with Crippen molar-refractivity contribution in [3.63, 3.8) is 0 Å². The highest BCUT2D eigenvalue weighted by Crippen LogP contribution is 2.33. The fourth-order valence-electron chi connectivity index (χ4n) is 4.86. The summed E-state index contributed by atoms with van der Waals surface area (Å²) in [4.78, 5) is 12.9. The quantitative estimate of drug-likeness (QED) is 0.294. The molecule has 1 aliphatic rings. The number of ether oxygens (including phenoxy) is 1. The minimum atomic E-state index is -1.38. The monoisotopic (exact) mass is 499 g/mol. The van der Waals surface area contributed by atoms with Gasteiger partial charge < -0.3 is 4.74 Å². The summed E-state index contributed by atoms with van der Waals surface area (Å²) < 4.78 is 22.8. The summed E-state index contributed by atoms with van der Waals surface area (Å²) in [5, 5.41) is 4.65. The molecule has 0 amide bonds. The second kappa shape index (κ2) is 10.5. The molecule has 4 aromatic rings. The highest BCUT2D eigenvalue weighted by Gasteiger charge is 2.40. The number of hydrogen-bond donors (Lipinski definition) is 0. The Bertz CT molecular complexity index is 1430. The maximum Gasteiger partial charge on any atom is 0.346 e. The Hall–Kier alpha value is -3.51. The van der Waals surface area contributed by atoms with Crippen molar-refractivity contribution in [3.05, 3.63) is 111 Å². The van der Waals surface area contributed by atoms with Gasteiger partial charge in [0, 0.05) is 13.0 Å². The third-order valence-electron chi connectivity index (χ3n) is 7.44. The van der Waals surface area contributed by atoms with Crippen molar-refractivity contribution in [1.82, 2.24) is 14.3 Å². The third-order valence-corrected chi connectivity index (χ3v) is 7.44. The Labute approximate surface area is 217 Å². The SMILES string of the molecule is CCn1c(CCCc2ccc(-c3ccc(C)c(C)c3)cc2)nn(Cc2ccc(C3(F)COC3)cc2)c1=O. The molecule has 0 aliphatic carbocycles. The molecule has 6 heteroatoms. The van der Waals surface area contributed by atoms with Crippen molar-refractivity contribution < 1.29 is 9.13 Å². The Kier molecular flexibility index (Phi) is 7.11. The van der Waals surface area contributed by atoms with Crippen LogP contribution in [0.25, 0.3) is 11.1 Å². The predicted octanol–water partition coefficient (Wildman–Crippen LogP) is 5.77. The van der Waals surface area contributed by atoms with Gasteiger partial charge in [-0.15, -0.1) is 0 Å². The van der Waals surface area contributed by atoms with Crippen molar-refractivity contribution in [2.45, 2.75) is 58.8 Å². The van der Waals surface area contributed by atoms with E-state index in [1.54, 1.807) is 16.7 Å². The van der Waals surface area contributed by atoms with Gasteiger partial charge in [0.1, 0.15) is 5.82 Å². The lowest BCUT2D eigenvalue weighted by molar-refractivity contribution is -0.135. The van der Waals surface area contributed by atoms with E-state index in [1.807, 2.05) is 19.1 Å². The minimum Gasteiger partial charge on any atom is -0.374 e. The van der Waals surface area contributed by atoms with E-state index in [1.165, 1.54) is 32.5 Å². The molecule has 1 fully saturated rings. The fourth-order valence-corrected chi connectivity index (χ4v) is 4.86. The van der Waals surface area contributed by atoms with Crippen molar-refractivity contribution in [1.29, 1.82) is 0 Å². The fraction of sp³-hybridized carbons (Fsp3) is 0.355. The number of aryl methyl sites for hydroxylation is 4. The summed E-state index contributed by atoms with van der Waals surface area (Å²) in [7, 11) is 0. The molecule has 1 saturated heterocycles. The number of rotatable bonds is 9. The second-order valence-electron chi connectivity index (χ2n) is 10.1. The van der Waals surface area contributed by atoms with E-state index in [4.69, 9.17) is 4.74 Å². The highest BCUT2D eigenvalue weighted by molar-refractivity contribution is 5.65. The molecule has 37 heavy (non-hydrogen) atoms. The zero-order valence-electron chi connectivity index (χ0n) is 21.8. The molecule has 0 unspecified atom stereocenters. The Morgan fingerprint density at radius 1 is 0.892 bits per heavy atom. The summed E-state index contributed by atoms with van der Waals surface area (Å²) in [6.07, 6.45) is 2.57. The van der Waals surface area contributed by atoms with E-state index in [0.29, 0.717) is 18.7 Å². The maximum atomic E-state index is 14.5. The van der Waals surface area contributed by atoms with Gasteiger partial charge >= 0.3 is 5.69 Å². The van der Waals surface area contributed by atoms with E-state index in [9.17, 15) is 9.18 Å². The molecule has 5 rings (SSSR count). The standard InChI is InChI=1S/C31H34FN3O2/c1-4-34-29(7-5-6-24-9-14-26(15-10-24)27-13-8-22(2)23(3)18-27)33-35(30(34)36)19-25-11-16-28(17-12-25)31(32)20-37-21-31/h8-18H,4-7,19-21H2,1-3H3. The molecular formula is C31H34FN3O2. The van der Waals surface area contributed by atoms with Crippen LogP contribution in [0.3, 0.4) is 0 Å². The van der Waals surface area contributed by atoms with Crippen LogP contribution in [0, 0.1) is 13.8 Å². The van der Waals surface area contributed by atoms with E-state index >= 15 is 0 Å². The van der Waals surface area contributed by atoms with Crippen molar-refractivity contribution >= 4 is 0 Å². The first kappa shape index (κ1) is 25.2. The molecule has 0 N–H and O–H groups in total. The number of aromatic nitrogens is 3. The topological polar surface area (TPSA) is 49.0 Å². The number of nitrogens with zero attached hydrogens (tertiary/aromatic N) is 3. The average Bonchev–Trinajstić information content (AvgIpc) is 3.18. The summed E-state index contributed by atoms with van der Waals surface area (Å²) in [6.45, 7) is 7.41. The maximum absolute atomic E-state index is 14.5. The number of halogens is 1. The zero-order chi connectivity index (χ0) is 26.0. The summed E-state index contributed by atoms with van der Waals surface area (Å²) >= 11 is 0. The first-order valence-electron chi connectivity index (χ1n) is 13.1. The predicted molar refractivity (Wildman–Crippen MR) is 145 cm³/mol. The molecule has 1 aromatic heterocycles. The Balaban J connectivity index is 1.21. The van der Waals surface area contributed by atoms with Crippen molar-refractivity contribution in [2.24, 2.45) is 0 Å². The van der Waals surface area contributed by atoms with Crippen LogP contribution in [0.15, 0.2) is 71.5 Å². The van der Waals surface area contributed by atoms with Gasteiger partial charge in [0.15, 0.2) is 5.67 Å². The first-order valence-corrected chi connectivity index (χ1v) is 13.1. The van der Waals surface area contributed by atoms with Gasteiger partial charge in [-0.05, 0) is 72.6 Å². The molecule has 5 nitrogen and oxygen atoms in total. The average molecular weight is 500 g/mol. The van der Waals surface area contributed by atoms with E-state index in [2.05, 4.69) is 61.4 Å². The molecule has 3 aromatic carbocycles. The lowest BCUT2D eigenvalue weighted by Gasteiger charge is -2.34. The van der Waals surface area contributed by atoms with E-state index in [0.717, 1.165) is 30.7 Å². The second-order valence-corrected chi connectivity index (χ2v) is 10.1. The van der Waals surface area contributed by atoms with Gasteiger partial charge in [0.05, 0.1) is 19.8 Å². The number of alkyl halides is 1. The lowest BCUT2D eigenvalue weighted by atomic mass is 9.93. The van der Waals surface area contributed by atoms with Crippen LogP contribution in [0.2, 0.25) is 0 Å². The van der Waals surface area contributed by atoms with Gasteiger partial charge in [0.25, 0.3) is 0 Å². The highest BCUT2D eigenvalue weighted by atomic mass is 19.1. The van der Waals surface area contributed by atoms with Crippen LogP contribution in [0.5, 0.6) is 0 Å². The largest absolute Gasteiger partial charge is 0.374 e. The number of benzene rings is 3. The molecule has 0 atom stereocenters. The first-order chi connectivity index (χ1) is 17.9. The van der Waals surface area contributed by atoms with Crippen molar-refractivity contribution in [3.8, 4) is 11.1 Å². The molecule has 1 aliphatic heterocycles. The van der Waals surface area contributed by atoms with Gasteiger partial charge in [-0.3, -0.25) is 4.57 Å². The summed E-state index contributed by atoms with van der Waals surface area (Å²) in [5.41, 5.74) is 6.41. The molecule has 192 valence electrons. The summed E-state index contributed by atoms with van der Waals surface area (Å²) in [6, 6.07) is 22.6. The lowest BCUT2D eigenvalue weighted by Crippen LogP contribution is -2.42. The molecule has 0 radical (unpaired) electrons. The minimum absolute atomic E-state index is 0.103. The molecule has 0 spiro atoms. The molecule has 0 bridgehead atoms. The third kappa shape index (κ3) is 5.30. The van der Waals surface area contributed by atoms with Crippen LogP contribution in [-0.4, -0.2) is 27.6 Å². The Morgan fingerprint density at radius 2 is 1.57 bits per heavy atom. The molecular weight excluding hydrogens is 465 g/mol. The van der Waals surface area contributed by atoms with Crippen LogP contribution >= 0.6 is 0 Å². The zero-order valence-corrected chi connectivity index (χ0v) is 21.8. The van der Waals surface area contributed by atoms with Crippen LogP contribution in [-0.2, 0) is 36.3 Å². The van der Waals surface area contributed by atoms with E-state index < -0.39 is 5.67 Å². The van der Waals surface area contributed by atoms with Gasteiger partial charge in [0.2, 0.25) is 0 Å². The van der Waals surface area contributed by atoms with Crippen LogP contribution in [0.1, 0.15) is 47.0 Å². The van der Waals surface area contributed by atoms with Gasteiger partial charge in [-0.1, -0.05) is 66.7 Å². The molecule has 2 heterocycles. The normalized spacial score (nSPS) is 14.5. The summed E-state index contributed by atoms with van der Waals surface area (Å²) in [5.74, 6) is 0.810.